The Bertz CT molecular complexity index is 471. The second-order valence-corrected chi connectivity index (χ2v) is 7.01. The van der Waals surface area contributed by atoms with Crippen LogP contribution < -0.4 is 5.32 Å². The minimum absolute atomic E-state index is 0.105. The molecule has 2 aliphatic carbocycles. The number of carbonyl (C=O) groups is 1. The topological polar surface area (TPSA) is 49.3 Å². The van der Waals surface area contributed by atoms with Crippen molar-refractivity contribution in [2.24, 2.45) is 5.92 Å². The molecule has 0 unspecified atom stereocenters. The van der Waals surface area contributed by atoms with Crippen molar-refractivity contribution in [2.75, 3.05) is 0 Å². The Kier molecular flexibility index (Phi) is 5.14. The molecule has 0 aromatic heterocycles. The zero-order chi connectivity index (χ0) is 15.4. The summed E-state index contributed by atoms with van der Waals surface area (Å²) in [5, 5.41) is 12.9. The predicted octanol–water partition coefficient (Wildman–Crippen LogP) is 3.95. The molecule has 1 aromatic rings. The van der Waals surface area contributed by atoms with E-state index >= 15 is 0 Å². The van der Waals surface area contributed by atoms with E-state index in [9.17, 15) is 4.79 Å². The number of carboxylic acid groups (broad SMARTS) is 1. The lowest BCUT2D eigenvalue weighted by Crippen LogP contribution is -2.42. The monoisotopic (exact) mass is 301 g/mol. The van der Waals surface area contributed by atoms with Gasteiger partial charge in [0.15, 0.2) is 0 Å². The van der Waals surface area contributed by atoms with Gasteiger partial charge in [-0.15, -0.1) is 0 Å². The van der Waals surface area contributed by atoms with E-state index in [0.717, 1.165) is 31.6 Å². The second kappa shape index (κ2) is 7.28. The van der Waals surface area contributed by atoms with Crippen molar-refractivity contribution in [1.29, 1.82) is 0 Å². The Balaban J connectivity index is 1.42. The van der Waals surface area contributed by atoms with Crippen molar-refractivity contribution in [3.05, 3.63) is 35.9 Å². The zero-order valence-electron chi connectivity index (χ0n) is 13.2. The van der Waals surface area contributed by atoms with Gasteiger partial charge in [0.2, 0.25) is 0 Å². The van der Waals surface area contributed by atoms with Gasteiger partial charge in [0.1, 0.15) is 0 Å². The van der Waals surface area contributed by atoms with Crippen molar-refractivity contribution in [3.63, 3.8) is 0 Å². The van der Waals surface area contributed by atoms with E-state index in [2.05, 4.69) is 35.6 Å². The average Bonchev–Trinajstić information content (AvgIpc) is 2.57. The normalized spacial score (nSPS) is 32.5. The van der Waals surface area contributed by atoms with E-state index in [0.29, 0.717) is 12.1 Å². The fourth-order valence-electron chi connectivity index (χ4n) is 4.16. The summed E-state index contributed by atoms with van der Waals surface area (Å²) in [7, 11) is 0. The van der Waals surface area contributed by atoms with Gasteiger partial charge in [-0.1, -0.05) is 30.3 Å². The van der Waals surface area contributed by atoms with E-state index in [1.807, 2.05) is 0 Å². The lowest BCUT2D eigenvalue weighted by molar-refractivity contribution is -0.142. The molecule has 3 nitrogen and oxygen atoms in total. The molecule has 2 saturated carbocycles. The highest BCUT2D eigenvalue weighted by Gasteiger charge is 2.28. The quantitative estimate of drug-likeness (QED) is 0.885. The number of benzene rings is 1. The van der Waals surface area contributed by atoms with E-state index in [1.54, 1.807) is 0 Å². The standard InChI is InChI=1S/C19H27NO2/c21-19(22)16-8-12-18(13-9-16)20-17-10-6-15(7-11-17)14-4-2-1-3-5-14/h1-5,15-18,20H,6-13H2,(H,21,22). The Labute approximate surface area is 133 Å². The first-order valence-corrected chi connectivity index (χ1v) is 8.76. The highest BCUT2D eigenvalue weighted by atomic mass is 16.4. The Hall–Kier alpha value is -1.35. The molecule has 0 amide bonds. The van der Waals surface area contributed by atoms with Crippen molar-refractivity contribution in [1.82, 2.24) is 5.32 Å². The third kappa shape index (κ3) is 3.89. The number of rotatable bonds is 4. The molecule has 3 heteroatoms. The van der Waals surface area contributed by atoms with Gasteiger partial charge in [-0.05, 0) is 62.8 Å². The van der Waals surface area contributed by atoms with Crippen LogP contribution in [0.3, 0.4) is 0 Å². The summed E-state index contributed by atoms with van der Waals surface area (Å²) in [4.78, 5) is 11.0. The molecule has 0 radical (unpaired) electrons. The molecule has 0 saturated heterocycles. The maximum atomic E-state index is 11.0. The molecule has 2 N–H and O–H groups in total. The largest absolute Gasteiger partial charge is 0.481 e. The maximum Gasteiger partial charge on any atom is 0.306 e. The maximum absolute atomic E-state index is 11.0. The van der Waals surface area contributed by atoms with Crippen molar-refractivity contribution in [2.45, 2.75) is 69.4 Å². The molecule has 22 heavy (non-hydrogen) atoms. The van der Waals surface area contributed by atoms with Crippen LogP contribution in [0.4, 0.5) is 0 Å². The third-order valence-electron chi connectivity index (χ3n) is 5.55. The molecular formula is C19H27NO2. The van der Waals surface area contributed by atoms with Crippen LogP contribution in [0.15, 0.2) is 30.3 Å². The van der Waals surface area contributed by atoms with Crippen LogP contribution in [0.1, 0.15) is 62.8 Å². The smallest absolute Gasteiger partial charge is 0.306 e. The summed E-state index contributed by atoms with van der Waals surface area (Å²) in [6.45, 7) is 0. The van der Waals surface area contributed by atoms with E-state index in [4.69, 9.17) is 5.11 Å². The number of nitrogens with one attached hydrogen (secondary N) is 1. The molecule has 0 atom stereocenters. The summed E-state index contributed by atoms with van der Waals surface area (Å²) >= 11 is 0. The van der Waals surface area contributed by atoms with Crippen molar-refractivity contribution >= 4 is 5.97 Å². The minimum atomic E-state index is -0.609. The van der Waals surface area contributed by atoms with Gasteiger partial charge in [0.05, 0.1) is 5.92 Å². The van der Waals surface area contributed by atoms with Crippen LogP contribution >= 0.6 is 0 Å². The van der Waals surface area contributed by atoms with Crippen LogP contribution in [-0.4, -0.2) is 23.2 Å². The van der Waals surface area contributed by atoms with Gasteiger partial charge < -0.3 is 10.4 Å². The first-order chi connectivity index (χ1) is 10.7. The molecule has 0 bridgehead atoms. The number of hydrogen-bond donors (Lipinski definition) is 2. The van der Waals surface area contributed by atoms with Crippen LogP contribution in [-0.2, 0) is 4.79 Å². The van der Waals surface area contributed by atoms with Gasteiger partial charge in [-0.2, -0.15) is 0 Å². The summed E-state index contributed by atoms with van der Waals surface area (Å²) in [5.41, 5.74) is 1.49. The van der Waals surface area contributed by atoms with Gasteiger partial charge in [-0.3, -0.25) is 4.79 Å². The molecule has 0 heterocycles. The Morgan fingerprint density at radius 1 is 0.864 bits per heavy atom. The minimum Gasteiger partial charge on any atom is -0.481 e. The van der Waals surface area contributed by atoms with Gasteiger partial charge >= 0.3 is 5.97 Å². The molecule has 0 spiro atoms. The summed E-state index contributed by atoms with van der Waals surface area (Å²) in [6, 6.07) is 12.0. The van der Waals surface area contributed by atoms with E-state index in [-0.39, 0.29) is 5.92 Å². The fraction of sp³-hybridized carbons (Fsp3) is 0.632. The van der Waals surface area contributed by atoms with Crippen LogP contribution in [0.5, 0.6) is 0 Å². The van der Waals surface area contributed by atoms with Gasteiger partial charge in [0.25, 0.3) is 0 Å². The highest BCUT2D eigenvalue weighted by molar-refractivity contribution is 5.70. The predicted molar refractivity (Wildman–Crippen MR) is 88.0 cm³/mol. The van der Waals surface area contributed by atoms with E-state index in [1.165, 1.54) is 31.2 Å². The summed E-state index contributed by atoms with van der Waals surface area (Å²) in [5.74, 6) is 0.00989. The van der Waals surface area contributed by atoms with Crippen LogP contribution in [0.25, 0.3) is 0 Å². The lowest BCUT2D eigenvalue weighted by atomic mass is 9.80. The van der Waals surface area contributed by atoms with Crippen molar-refractivity contribution < 1.29 is 9.90 Å². The number of carboxylic acids is 1. The van der Waals surface area contributed by atoms with Crippen LogP contribution in [0.2, 0.25) is 0 Å². The average molecular weight is 301 g/mol. The zero-order valence-corrected chi connectivity index (χ0v) is 13.2. The van der Waals surface area contributed by atoms with Crippen molar-refractivity contribution in [3.8, 4) is 0 Å². The molecule has 0 aliphatic heterocycles. The van der Waals surface area contributed by atoms with Crippen LogP contribution in [0, 0.1) is 5.92 Å². The molecule has 3 rings (SSSR count). The SMILES string of the molecule is O=C(O)C1CCC(NC2CCC(c3ccccc3)CC2)CC1. The lowest BCUT2D eigenvalue weighted by Gasteiger charge is -2.34. The fourth-order valence-corrected chi connectivity index (χ4v) is 4.16. The Morgan fingerprint density at radius 3 is 1.95 bits per heavy atom. The Morgan fingerprint density at radius 2 is 1.41 bits per heavy atom. The summed E-state index contributed by atoms with van der Waals surface area (Å²) in [6.07, 6.45) is 8.76. The molecule has 2 aliphatic rings. The molecule has 120 valence electrons. The van der Waals surface area contributed by atoms with Gasteiger partial charge in [-0.25, -0.2) is 0 Å². The third-order valence-corrected chi connectivity index (χ3v) is 5.55. The highest BCUT2D eigenvalue weighted by Crippen LogP contribution is 2.33. The molecular weight excluding hydrogens is 274 g/mol. The first kappa shape index (κ1) is 15.5. The molecule has 2 fully saturated rings. The van der Waals surface area contributed by atoms with E-state index < -0.39 is 5.97 Å². The van der Waals surface area contributed by atoms with Gasteiger partial charge in [0, 0.05) is 12.1 Å². The molecule has 1 aromatic carbocycles. The number of hydrogen-bond acceptors (Lipinski definition) is 2. The second-order valence-electron chi connectivity index (χ2n) is 7.01. The summed E-state index contributed by atoms with van der Waals surface area (Å²) < 4.78 is 0. The first-order valence-electron chi connectivity index (χ1n) is 8.76. The number of aliphatic carboxylic acids is 1.